The van der Waals surface area contributed by atoms with Crippen molar-refractivity contribution in [2.45, 2.75) is 44.9 Å². The Morgan fingerprint density at radius 3 is 2.60 bits per heavy atom. The third kappa shape index (κ3) is 4.03. The van der Waals surface area contributed by atoms with Crippen molar-refractivity contribution in [3.63, 3.8) is 0 Å². The third-order valence-corrected chi connectivity index (χ3v) is 5.82. The Kier molecular flexibility index (Phi) is 5.74. The molecule has 0 unspecified atom stereocenters. The second-order valence-electron chi connectivity index (χ2n) is 7.83. The van der Waals surface area contributed by atoms with E-state index in [2.05, 4.69) is 24.4 Å². The monoisotopic (exact) mass is 405 g/mol. The van der Waals surface area contributed by atoms with E-state index in [1.807, 2.05) is 22.9 Å². The minimum atomic E-state index is -1.01. The van der Waals surface area contributed by atoms with E-state index in [4.69, 9.17) is 9.84 Å². The zero-order valence-corrected chi connectivity index (χ0v) is 17.4. The van der Waals surface area contributed by atoms with E-state index in [0.29, 0.717) is 17.4 Å². The number of aryl methyl sites for hydroxylation is 1. The lowest BCUT2D eigenvalue weighted by atomic mass is 9.87. The number of hydrogen-bond acceptors (Lipinski definition) is 4. The van der Waals surface area contributed by atoms with Gasteiger partial charge in [0, 0.05) is 12.0 Å². The van der Waals surface area contributed by atoms with E-state index in [0.717, 1.165) is 35.6 Å². The highest BCUT2D eigenvalue weighted by molar-refractivity contribution is 5.95. The van der Waals surface area contributed by atoms with Crippen LogP contribution >= 0.6 is 0 Å². The van der Waals surface area contributed by atoms with Gasteiger partial charge in [-0.3, -0.25) is 0 Å². The molecule has 156 valence electrons. The number of carboxylic acids is 1. The normalized spacial score (nSPS) is 14.5. The first kappa shape index (κ1) is 20.0. The van der Waals surface area contributed by atoms with Gasteiger partial charge in [-0.25, -0.2) is 9.48 Å². The Bertz CT molecular complexity index is 1050. The number of carboxylic acid groups (broad SMARTS) is 1. The molecule has 30 heavy (non-hydrogen) atoms. The SMILES string of the molecule is COc1ccc(Nc2cc(C3CCCCC3)nn2-c2ccccc2C)c(C(=O)O)c1. The summed E-state index contributed by atoms with van der Waals surface area (Å²) >= 11 is 0. The number of nitrogens with one attached hydrogen (secondary N) is 1. The predicted molar refractivity (Wildman–Crippen MR) is 117 cm³/mol. The first-order valence-electron chi connectivity index (χ1n) is 10.4. The molecule has 1 aromatic heterocycles. The van der Waals surface area contributed by atoms with Gasteiger partial charge in [-0.15, -0.1) is 0 Å². The van der Waals surface area contributed by atoms with Gasteiger partial charge < -0.3 is 15.2 Å². The summed E-state index contributed by atoms with van der Waals surface area (Å²) in [6, 6.07) is 15.2. The van der Waals surface area contributed by atoms with Crippen LogP contribution < -0.4 is 10.1 Å². The standard InChI is InChI=1S/C24H27N3O3/c1-16-8-6-7-11-22(16)27-23(15-21(26-27)17-9-4-3-5-10-17)25-20-13-12-18(30-2)14-19(20)24(28)29/h6-8,11-15,17,25H,3-5,9-10H2,1-2H3,(H,28,29). The first-order chi connectivity index (χ1) is 14.6. The Morgan fingerprint density at radius 1 is 1.13 bits per heavy atom. The fourth-order valence-corrected chi connectivity index (χ4v) is 4.15. The summed E-state index contributed by atoms with van der Waals surface area (Å²) in [7, 11) is 1.53. The van der Waals surface area contributed by atoms with Crippen LogP contribution in [0.5, 0.6) is 5.75 Å². The second kappa shape index (κ2) is 8.61. The summed E-state index contributed by atoms with van der Waals surface area (Å²) in [6.07, 6.45) is 6.03. The molecular formula is C24H27N3O3. The number of rotatable bonds is 6. The van der Waals surface area contributed by atoms with E-state index in [1.54, 1.807) is 12.1 Å². The molecule has 0 radical (unpaired) electrons. The molecule has 0 amide bonds. The molecule has 0 spiro atoms. The largest absolute Gasteiger partial charge is 0.497 e. The average Bonchev–Trinajstić information content (AvgIpc) is 3.18. The molecule has 0 aliphatic heterocycles. The van der Waals surface area contributed by atoms with Crippen LogP contribution in [-0.4, -0.2) is 28.0 Å². The highest BCUT2D eigenvalue weighted by atomic mass is 16.5. The number of aromatic carboxylic acids is 1. The molecule has 0 bridgehead atoms. The van der Waals surface area contributed by atoms with Gasteiger partial charge in [-0.05, 0) is 49.6 Å². The number of carbonyl (C=O) groups is 1. The molecule has 1 aliphatic carbocycles. The number of para-hydroxylation sites is 1. The summed E-state index contributed by atoms with van der Waals surface area (Å²) in [5.41, 5.74) is 3.81. The number of benzene rings is 2. The lowest BCUT2D eigenvalue weighted by Gasteiger charge is -2.19. The quantitative estimate of drug-likeness (QED) is 0.552. The first-order valence-corrected chi connectivity index (χ1v) is 10.4. The topological polar surface area (TPSA) is 76.4 Å². The molecule has 2 aromatic carbocycles. The van der Waals surface area contributed by atoms with Gasteiger partial charge in [0.2, 0.25) is 0 Å². The van der Waals surface area contributed by atoms with E-state index < -0.39 is 5.97 Å². The van der Waals surface area contributed by atoms with Crippen molar-refractivity contribution in [3.8, 4) is 11.4 Å². The summed E-state index contributed by atoms with van der Waals surface area (Å²) in [5, 5.41) is 18.0. The Balaban J connectivity index is 1.78. The van der Waals surface area contributed by atoms with Gasteiger partial charge >= 0.3 is 5.97 Å². The molecule has 6 heteroatoms. The number of aromatic nitrogens is 2. The van der Waals surface area contributed by atoms with E-state index in [1.165, 1.54) is 32.4 Å². The van der Waals surface area contributed by atoms with Crippen LogP contribution in [0.3, 0.4) is 0 Å². The van der Waals surface area contributed by atoms with Crippen molar-refractivity contribution in [2.24, 2.45) is 0 Å². The van der Waals surface area contributed by atoms with Gasteiger partial charge in [-0.1, -0.05) is 37.5 Å². The number of anilines is 2. The lowest BCUT2D eigenvalue weighted by Crippen LogP contribution is -2.08. The van der Waals surface area contributed by atoms with Crippen LogP contribution in [0.25, 0.3) is 5.69 Å². The maximum atomic E-state index is 11.8. The molecule has 0 atom stereocenters. The van der Waals surface area contributed by atoms with E-state index >= 15 is 0 Å². The Hall–Kier alpha value is -3.28. The van der Waals surface area contributed by atoms with Crippen molar-refractivity contribution in [1.29, 1.82) is 0 Å². The maximum absolute atomic E-state index is 11.8. The third-order valence-electron chi connectivity index (χ3n) is 5.82. The lowest BCUT2D eigenvalue weighted by molar-refractivity contribution is 0.0697. The van der Waals surface area contributed by atoms with Crippen molar-refractivity contribution in [1.82, 2.24) is 9.78 Å². The van der Waals surface area contributed by atoms with Gasteiger partial charge in [0.05, 0.1) is 29.7 Å². The minimum Gasteiger partial charge on any atom is -0.497 e. The Morgan fingerprint density at radius 2 is 1.90 bits per heavy atom. The maximum Gasteiger partial charge on any atom is 0.337 e. The van der Waals surface area contributed by atoms with Crippen LogP contribution in [-0.2, 0) is 0 Å². The van der Waals surface area contributed by atoms with Gasteiger partial charge in [0.1, 0.15) is 11.6 Å². The smallest absolute Gasteiger partial charge is 0.337 e. The summed E-state index contributed by atoms with van der Waals surface area (Å²) in [6.45, 7) is 2.05. The molecule has 1 aliphatic rings. The summed E-state index contributed by atoms with van der Waals surface area (Å²) < 4.78 is 7.09. The highest BCUT2D eigenvalue weighted by Crippen LogP contribution is 2.35. The van der Waals surface area contributed by atoms with Gasteiger partial charge in [0.15, 0.2) is 0 Å². The summed E-state index contributed by atoms with van der Waals surface area (Å²) in [4.78, 5) is 11.8. The highest BCUT2D eigenvalue weighted by Gasteiger charge is 2.22. The van der Waals surface area contributed by atoms with Crippen LogP contribution in [0.2, 0.25) is 0 Å². The molecular weight excluding hydrogens is 378 g/mol. The molecule has 3 aromatic rings. The number of hydrogen-bond donors (Lipinski definition) is 2. The summed E-state index contributed by atoms with van der Waals surface area (Å²) in [5.74, 6) is 0.705. The van der Waals surface area contributed by atoms with Crippen molar-refractivity contribution in [3.05, 3.63) is 65.4 Å². The van der Waals surface area contributed by atoms with E-state index in [9.17, 15) is 9.90 Å². The average molecular weight is 405 g/mol. The van der Waals surface area contributed by atoms with Crippen LogP contribution in [0.4, 0.5) is 11.5 Å². The predicted octanol–water partition coefficient (Wildman–Crippen LogP) is 5.68. The molecule has 2 N–H and O–H groups in total. The molecule has 1 fully saturated rings. The fraction of sp³-hybridized carbons (Fsp3) is 0.333. The number of nitrogens with zero attached hydrogens (tertiary/aromatic N) is 2. The fourth-order valence-electron chi connectivity index (χ4n) is 4.15. The van der Waals surface area contributed by atoms with Crippen LogP contribution in [0, 0.1) is 6.92 Å². The van der Waals surface area contributed by atoms with Crippen molar-refractivity contribution >= 4 is 17.5 Å². The second-order valence-corrected chi connectivity index (χ2v) is 7.83. The molecule has 6 nitrogen and oxygen atoms in total. The van der Waals surface area contributed by atoms with Crippen LogP contribution in [0.15, 0.2) is 48.5 Å². The number of methoxy groups -OCH3 is 1. The van der Waals surface area contributed by atoms with E-state index in [-0.39, 0.29) is 5.56 Å². The Labute approximate surface area is 176 Å². The van der Waals surface area contributed by atoms with Crippen molar-refractivity contribution in [2.75, 3.05) is 12.4 Å². The van der Waals surface area contributed by atoms with Gasteiger partial charge in [0.25, 0.3) is 0 Å². The molecule has 0 saturated heterocycles. The minimum absolute atomic E-state index is 0.158. The molecule has 4 rings (SSSR count). The number of ether oxygens (including phenoxy) is 1. The molecule has 1 saturated carbocycles. The molecule has 1 heterocycles. The van der Waals surface area contributed by atoms with Crippen molar-refractivity contribution < 1.29 is 14.6 Å². The zero-order valence-electron chi connectivity index (χ0n) is 17.4. The van der Waals surface area contributed by atoms with Crippen LogP contribution in [0.1, 0.15) is 59.6 Å². The zero-order chi connectivity index (χ0) is 21.1. The van der Waals surface area contributed by atoms with Gasteiger partial charge in [-0.2, -0.15) is 5.10 Å².